The third-order valence-electron chi connectivity index (χ3n) is 4.35. The molecular weight excluding hydrogens is 403 g/mol. The van der Waals surface area contributed by atoms with Crippen LogP contribution in [-0.4, -0.2) is 43.3 Å². The van der Waals surface area contributed by atoms with Crippen molar-refractivity contribution in [2.24, 2.45) is 5.41 Å². The van der Waals surface area contributed by atoms with Crippen molar-refractivity contribution >= 4 is 7.82 Å². The Morgan fingerprint density at radius 1 is 1.34 bits per heavy atom. The van der Waals surface area contributed by atoms with Gasteiger partial charge in [0.05, 0.1) is 12.7 Å². The van der Waals surface area contributed by atoms with Gasteiger partial charge in [-0.2, -0.15) is 0 Å². The number of phosphoric ester groups is 1. The molecule has 4 N–H and O–H groups in total. The Morgan fingerprint density at radius 2 is 1.97 bits per heavy atom. The van der Waals surface area contributed by atoms with Crippen molar-refractivity contribution in [3.05, 3.63) is 32.6 Å². The number of ether oxygens (including phenoxy) is 1. The van der Waals surface area contributed by atoms with E-state index in [1.807, 2.05) is 0 Å². The molecule has 1 aromatic rings. The average molecular weight is 436 g/mol. The summed E-state index contributed by atoms with van der Waals surface area (Å²) in [6, 6.07) is 0. The Morgan fingerprint density at radius 3 is 2.45 bits per heavy atom. The molecule has 0 unspecified atom stereocenters. The molecule has 0 aromatic carbocycles. The molecule has 3 atom stereocenters. The fourth-order valence-electron chi connectivity index (χ4n) is 2.71. The maximum Gasteiger partial charge on any atom is 0.469 e. The van der Waals surface area contributed by atoms with E-state index < -0.39 is 44.1 Å². The number of rotatable bonds is 6. The van der Waals surface area contributed by atoms with Gasteiger partial charge in [-0.3, -0.25) is 18.9 Å². The van der Waals surface area contributed by atoms with Gasteiger partial charge in [-0.1, -0.05) is 40.5 Å². The van der Waals surface area contributed by atoms with Gasteiger partial charge in [0.1, 0.15) is 12.3 Å². The number of aryl methyl sites for hydroxylation is 1. The van der Waals surface area contributed by atoms with Gasteiger partial charge in [-0.15, -0.1) is 0 Å². The molecule has 1 aromatic heterocycles. The molecule has 1 aliphatic heterocycles. The smallest absolute Gasteiger partial charge is 0.390 e. The number of nitrogens with one attached hydrogen (secondary N) is 1. The number of aliphatic hydroxyl groups is 1. The van der Waals surface area contributed by atoms with Gasteiger partial charge < -0.3 is 19.6 Å². The van der Waals surface area contributed by atoms with Gasteiger partial charge >= 0.3 is 13.5 Å². The summed E-state index contributed by atoms with van der Waals surface area (Å²) in [7, 11) is -4.67. The second-order valence-corrected chi connectivity index (χ2v) is 9.60. The molecule has 0 aliphatic carbocycles. The van der Waals surface area contributed by atoms with Crippen LogP contribution >= 0.6 is 7.82 Å². The van der Waals surface area contributed by atoms with Crippen LogP contribution in [0.15, 0.2) is 15.8 Å². The topological polar surface area (TPSA) is 151 Å². The third-order valence-corrected chi connectivity index (χ3v) is 4.83. The summed E-state index contributed by atoms with van der Waals surface area (Å²) in [5.74, 6) is 0. The molecule has 0 saturated carbocycles. The fourth-order valence-corrected chi connectivity index (χ4v) is 3.05. The summed E-state index contributed by atoms with van der Waals surface area (Å²) in [4.78, 5) is 42.3. The number of hydrogen-bond donors (Lipinski definition) is 4. The first-order chi connectivity index (χ1) is 13.2. The van der Waals surface area contributed by atoms with Crippen LogP contribution in [0, 0.1) is 12.3 Å². The number of unbranched alkanes of at least 4 members (excludes halogenated alkanes) is 1. The van der Waals surface area contributed by atoms with Crippen LogP contribution in [0.2, 0.25) is 0 Å². The predicted molar refractivity (Wildman–Crippen MR) is 108 cm³/mol. The zero-order valence-corrected chi connectivity index (χ0v) is 18.5. The minimum atomic E-state index is -4.67. The first-order valence-corrected chi connectivity index (χ1v) is 11.1. The van der Waals surface area contributed by atoms with E-state index >= 15 is 0 Å². The SMILES string of the molecule is CCCCC(C)(C)C.Cc1cn([C@H]2C[C@H](O)[C@@H](COP(=O)(O)O)O2)c(=O)[nH]c1=O. The monoisotopic (exact) mass is 436 g/mol. The first kappa shape index (κ1) is 25.7. The number of hydrogen-bond acceptors (Lipinski definition) is 6. The number of aromatic amines is 1. The molecule has 2 rings (SSSR count). The summed E-state index contributed by atoms with van der Waals surface area (Å²) in [6.45, 7) is 10.1. The molecule has 0 amide bonds. The van der Waals surface area contributed by atoms with Gasteiger partial charge in [-0.25, -0.2) is 9.36 Å². The normalized spacial score (nSPS) is 22.3. The van der Waals surface area contributed by atoms with Crippen LogP contribution < -0.4 is 11.2 Å². The van der Waals surface area contributed by atoms with Crippen molar-refractivity contribution in [1.29, 1.82) is 0 Å². The van der Waals surface area contributed by atoms with Gasteiger partial charge in [0.25, 0.3) is 5.56 Å². The van der Waals surface area contributed by atoms with Crippen molar-refractivity contribution in [3.8, 4) is 0 Å². The van der Waals surface area contributed by atoms with E-state index in [0.717, 1.165) is 4.57 Å². The molecule has 0 spiro atoms. The second kappa shape index (κ2) is 10.7. The summed E-state index contributed by atoms with van der Waals surface area (Å²) >= 11 is 0. The Labute approximate surface area is 170 Å². The predicted octanol–water partition coefficient (Wildman–Crippen LogP) is 1.83. The van der Waals surface area contributed by atoms with Crippen LogP contribution in [0.3, 0.4) is 0 Å². The highest BCUT2D eigenvalue weighted by atomic mass is 31.2. The van der Waals surface area contributed by atoms with Crippen molar-refractivity contribution in [2.45, 2.75) is 78.7 Å². The lowest BCUT2D eigenvalue weighted by Gasteiger charge is -2.16. The maximum atomic E-state index is 11.7. The van der Waals surface area contributed by atoms with Gasteiger partial charge in [-0.05, 0) is 18.8 Å². The highest BCUT2D eigenvalue weighted by Crippen LogP contribution is 2.38. The standard InChI is InChI=1S/C10H15N2O8P.C8H18/c1-5-3-12(10(15)11-9(5)14)8-2-6(13)7(20-8)4-19-21(16,17)18;1-5-6-7-8(2,3)4/h3,6-8,13H,2,4H2,1H3,(H,11,14,15)(H2,16,17,18);5-7H2,1-4H3/t6-,7+,8+;/m0./s1. The van der Waals surface area contributed by atoms with Crippen LogP contribution in [0.5, 0.6) is 0 Å². The first-order valence-electron chi connectivity index (χ1n) is 9.59. The molecule has 1 fully saturated rings. The lowest BCUT2D eigenvalue weighted by atomic mass is 9.90. The number of H-pyrrole nitrogens is 1. The Bertz CT molecular complexity index is 807. The second-order valence-electron chi connectivity index (χ2n) is 8.36. The van der Waals surface area contributed by atoms with Crippen LogP contribution in [-0.2, 0) is 13.8 Å². The zero-order valence-electron chi connectivity index (χ0n) is 17.6. The summed E-state index contributed by atoms with van der Waals surface area (Å²) < 4.78 is 21.4. The molecule has 11 heteroatoms. The van der Waals surface area contributed by atoms with E-state index in [0.29, 0.717) is 11.0 Å². The molecule has 2 heterocycles. The maximum absolute atomic E-state index is 11.7. The number of phosphoric acid groups is 1. The fraction of sp³-hybridized carbons (Fsp3) is 0.778. The van der Waals surface area contributed by atoms with E-state index in [2.05, 4.69) is 37.2 Å². The molecule has 1 aliphatic rings. The quantitative estimate of drug-likeness (QED) is 0.493. The Kier molecular flexibility index (Phi) is 9.46. The van der Waals surface area contributed by atoms with E-state index in [9.17, 15) is 19.3 Å². The summed E-state index contributed by atoms with van der Waals surface area (Å²) in [6.07, 6.45) is 2.51. The van der Waals surface area contributed by atoms with Gasteiger partial charge in [0.2, 0.25) is 0 Å². The minimum Gasteiger partial charge on any atom is -0.390 e. The Balaban J connectivity index is 0.000000447. The molecule has 29 heavy (non-hydrogen) atoms. The average Bonchev–Trinajstić information content (AvgIpc) is 2.94. The number of aliphatic hydroxyl groups excluding tert-OH is 1. The third kappa shape index (κ3) is 9.37. The highest BCUT2D eigenvalue weighted by Gasteiger charge is 2.37. The van der Waals surface area contributed by atoms with Crippen molar-refractivity contribution in [3.63, 3.8) is 0 Å². The van der Waals surface area contributed by atoms with E-state index in [1.54, 1.807) is 0 Å². The van der Waals surface area contributed by atoms with Crippen molar-refractivity contribution in [1.82, 2.24) is 9.55 Å². The van der Waals surface area contributed by atoms with Crippen molar-refractivity contribution < 1.29 is 28.7 Å². The Hall–Kier alpha value is -1.29. The zero-order chi connectivity index (χ0) is 22.4. The van der Waals surface area contributed by atoms with E-state index in [1.165, 1.54) is 32.4 Å². The van der Waals surface area contributed by atoms with Gasteiger partial charge in [0.15, 0.2) is 0 Å². The molecular formula is C18H33N2O8P. The molecule has 168 valence electrons. The molecule has 1 saturated heterocycles. The van der Waals surface area contributed by atoms with Gasteiger partial charge in [0, 0.05) is 18.2 Å². The lowest BCUT2D eigenvalue weighted by Crippen LogP contribution is -2.33. The summed E-state index contributed by atoms with van der Waals surface area (Å²) in [5.41, 5.74) is -0.367. The van der Waals surface area contributed by atoms with Crippen LogP contribution in [0.1, 0.15) is 65.2 Å². The van der Waals surface area contributed by atoms with Crippen LogP contribution in [0.25, 0.3) is 0 Å². The van der Waals surface area contributed by atoms with E-state index in [4.69, 9.17) is 14.5 Å². The van der Waals surface area contributed by atoms with Crippen LogP contribution in [0.4, 0.5) is 0 Å². The van der Waals surface area contributed by atoms with Crippen molar-refractivity contribution in [2.75, 3.05) is 6.61 Å². The molecule has 10 nitrogen and oxygen atoms in total. The largest absolute Gasteiger partial charge is 0.469 e. The number of aromatic nitrogens is 2. The lowest BCUT2D eigenvalue weighted by molar-refractivity contribution is -0.0451. The van der Waals surface area contributed by atoms with E-state index in [-0.39, 0.29) is 6.42 Å². The highest BCUT2D eigenvalue weighted by molar-refractivity contribution is 7.46. The number of nitrogens with zero attached hydrogens (tertiary/aromatic N) is 1. The molecule has 0 radical (unpaired) electrons. The summed E-state index contributed by atoms with van der Waals surface area (Å²) in [5, 5.41) is 9.79. The minimum absolute atomic E-state index is 0.0283. The molecule has 0 bridgehead atoms.